The van der Waals surface area contributed by atoms with Crippen molar-refractivity contribution in [2.45, 2.75) is 24.6 Å². The lowest BCUT2D eigenvalue weighted by Gasteiger charge is -2.03. The number of aryl methyl sites for hydroxylation is 1. The molecule has 2 rings (SSSR count). The molecule has 8 nitrogen and oxygen atoms in total. The molecule has 25 heavy (non-hydrogen) atoms. The van der Waals surface area contributed by atoms with Crippen molar-refractivity contribution >= 4 is 32.4 Å². The van der Waals surface area contributed by atoms with Crippen molar-refractivity contribution in [3.63, 3.8) is 0 Å². The lowest BCUT2D eigenvalue weighted by molar-refractivity contribution is 0.102. The Balaban J connectivity index is 1.94. The fourth-order valence-electron chi connectivity index (χ4n) is 1.83. The molecule has 0 fully saturated rings. The number of rotatable bonds is 9. The second-order valence-electron chi connectivity index (χ2n) is 5.14. The van der Waals surface area contributed by atoms with Crippen molar-refractivity contribution in [3.05, 3.63) is 35.4 Å². The van der Waals surface area contributed by atoms with E-state index in [0.717, 1.165) is 16.9 Å². The molecule has 0 aliphatic carbocycles. The Labute approximate surface area is 150 Å². The monoisotopic (exact) mass is 384 g/mol. The van der Waals surface area contributed by atoms with Crippen molar-refractivity contribution in [3.8, 4) is 0 Å². The minimum Gasteiger partial charge on any atom is -0.382 e. The van der Waals surface area contributed by atoms with Crippen LogP contribution in [0.25, 0.3) is 0 Å². The van der Waals surface area contributed by atoms with Gasteiger partial charge in [0.15, 0.2) is 0 Å². The van der Waals surface area contributed by atoms with Crippen molar-refractivity contribution < 1.29 is 17.9 Å². The minimum atomic E-state index is -3.74. The number of benzene rings is 1. The second-order valence-corrected chi connectivity index (χ2v) is 8.06. The van der Waals surface area contributed by atoms with Crippen LogP contribution in [0.5, 0.6) is 0 Å². The normalized spacial score (nSPS) is 11.4. The summed E-state index contributed by atoms with van der Waals surface area (Å²) < 4.78 is 31.6. The second kappa shape index (κ2) is 8.99. The predicted molar refractivity (Wildman–Crippen MR) is 95.3 cm³/mol. The van der Waals surface area contributed by atoms with E-state index in [0.29, 0.717) is 25.2 Å². The highest BCUT2D eigenvalue weighted by Gasteiger charge is 2.20. The Hall–Kier alpha value is -1.88. The number of carbonyl (C=O) groups is 1. The van der Waals surface area contributed by atoms with Crippen LogP contribution in [0.2, 0.25) is 0 Å². The molecule has 1 heterocycles. The van der Waals surface area contributed by atoms with Crippen LogP contribution in [0.1, 0.15) is 29.3 Å². The zero-order valence-corrected chi connectivity index (χ0v) is 15.6. The number of nitrogens with zero attached hydrogens (tertiary/aromatic N) is 2. The van der Waals surface area contributed by atoms with Crippen molar-refractivity contribution in [2.75, 3.05) is 25.1 Å². The van der Waals surface area contributed by atoms with Crippen LogP contribution < -0.4 is 10.0 Å². The van der Waals surface area contributed by atoms with Gasteiger partial charge in [0.1, 0.15) is 0 Å². The topological polar surface area (TPSA) is 110 Å². The number of anilines is 1. The van der Waals surface area contributed by atoms with Crippen molar-refractivity contribution in [2.24, 2.45) is 0 Å². The average Bonchev–Trinajstić information content (AvgIpc) is 3.04. The molecule has 1 amide bonds. The van der Waals surface area contributed by atoms with Crippen LogP contribution in [-0.2, 0) is 14.8 Å². The number of aromatic nitrogens is 2. The van der Waals surface area contributed by atoms with E-state index in [1.54, 1.807) is 12.1 Å². The van der Waals surface area contributed by atoms with Gasteiger partial charge in [0, 0.05) is 25.3 Å². The summed E-state index contributed by atoms with van der Waals surface area (Å²) in [6, 6.07) is 7.00. The van der Waals surface area contributed by atoms with Crippen LogP contribution in [0.3, 0.4) is 0 Å². The molecule has 0 unspecified atom stereocenters. The van der Waals surface area contributed by atoms with Gasteiger partial charge >= 0.3 is 0 Å². The first-order valence-electron chi connectivity index (χ1n) is 7.71. The highest BCUT2D eigenvalue weighted by Crippen LogP contribution is 2.20. The molecule has 0 bridgehead atoms. The number of nitrogens with one attached hydrogen (secondary N) is 2. The van der Waals surface area contributed by atoms with Gasteiger partial charge in [0.2, 0.25) is 9.47 Å². The van der Waals surface area contributed by atoms with Gasteiger partial charge in [-0.2, -0.15) is 0 Å². The van der Waals surface area contributed by atoms with Crippen LogP contribution >= 0.6 is 11.3 Å². The molecular weight excluding hydrogens is 364 g/mol. The average molecular weight is 384 g/mol. The maximum absolute atomic E-state index is 12.1. The van der Waals surface area contributed by atoms with Crippen molar-refractivity contribution in [1.82, 2.24) is 14.9 Å². The molecule has 1 aromatic heterocycles. The standard InChI is InChI=1S/C15H20N4O4S2/c1-3-23-10-4-9-16-25(21,22)15-19-18-14(24-15)17-13(20)12-7-5-11(2)6-8-12/h5-8,16H,3-4,9-10H2,1-2H3,(H,17,18,20). The number of hydrogen-bond donors (Lipinski definition) is 2. The first-order valence-corrected chi connectivity index (χ1v) is 10.0. The number of sulfonamides is 1. The molecule has 0 aliphatic rings. The van der Waals surface area contributed by atoms with Gasteiger partial charge in [-0.3, -0.25) is 10.1 Å². The Morgan fingerprint density at radius 3 is 2.64 bits per heavy atom. The number of amides is 1. The summed E-state index contributed by atoms with van der Waals surface area (Å²) in [7, 11) is -3.74. The molecule has 1 aromatic carbocycles. The Bertz CT molecular complexity index is 803. The summed E-state index contributed by atoms with van der Waals surface area (Å²) in [6.07, 6.45) is 0.558. The molecule has 0 aliphatic heterocycles. The first-order chi connectivity index (χ1) is 11.9. The molecular formula is C15H20N4O4S2. The Morgan fingerprint density at radius 1 is 1.24 bits per heavy atom. The molecule has 0 radical (unpaired) electrons. The lowest BCUT2D eigenvalue weighted by atomic mass is 10.1. The molecule has 0 saturated heterocycles. The zero-order valence-electron chi connectivity index (χ0n) is 14.0. The van der Waals surface area contributed by atoms with Gasteiger partial charge in [0.05, 0.1) is 0 Å². The SMILES string of the molecule is CCOCCCNS(=O)(=O)c1nnc(NC(=O)c2ccc(C)cc2)s1. The number of ether oxygens (including phenoxy) is 1. The van der Waals surface area contributed by atoms with E-state index < -0.39 is 10.0 Å². The van der Waals surface area contributed by atoms with E-state index in [1.165, 1.54) is 0 Å². The highest BCUT2D eigenvalue weighted by atomic mass is 32.2. The molecule has 0 atom stereocenters. The highest BCUT2D eigenvalue weighted by molar-refractivity contribution is 7.91. The van der Waals surface area contributed by atoms with E-state index in [1.807, 2.05) is 26.0 Å². The summed E-state index contributed by atoms with van der Waals surface area (Å²) in [5, 5.41) is 10.0. The molecule has 0 saturated carbocycles. The predicted octanol–water partition coefficient (Wildman–Crippen LogP) is 1.80. The Morgan fingerprint density at radius 2 is 1.96 bits per heavy atom. The molecule has 2 N–H and O–H groups in total. The van der Waals surface area contributed by atoms with Crippen molar-refractivity contribution in [1.29, 1.82) is 0 Å². The van der Waals surface area contributed by atoms with Crippen LogP contribution in [0, 0.1) is 6.92 Å². The quantitative estimate of drug-likeness (QED) is 0.504. The number of hydrogen-bond acceptors (Lipinski definition) is 7. The first kappa shape index (κ1) is 19.4. The van der Waals surface area contributed by atoms with Gasteiger partial charge in [-0.05, 0) is 32.4 Å². The minimum absolute atomic E-state index is 0.125. The summed E-state index contributed by atoms with van der Waals surface area (Å²) in [4.78, 5) is 12.1. The fourth-order valence-corrected chi connectivity index (χ4v) is 3.84. The summed E-state index contributed by atoms with van der Waals surface area (Å²) in [5.74, 6) is -0.371. The van der Waals surface area contributed by atoms with Gasteiger partial charge in [0.25, 0.3) is 15.9 Å². The number of carbonyl (C=O) groups excluding carboxylic acids is 1. The summed E-state index contributed by atoms with van der Waals surface area (Å²) >= 11 is 0.798. The molecule has 0 spiro atoms. The van der Waals surface area contributed by atoms with Gasteiger partial charge in [-0.15, -0.1) is 10.2 Å². The van der Waals surface area contributed by atoms with E-state index >= 15 is 0 Å². The maximum atomic E-state index is 12.1. The molecule has 136 valence electrons. The summed E-state index contributed by atoms with van der Waals surface area (Å²) in [6.45, 7) is 5.11. The Kier molecular flexibility index (Phi) is 7.00. The third-order valence-corrected chi connectivity index (χ3v) is 5.80. The van der Waals surface area contributed by atoms with Crippen LogP contribution in [0.4, 0.5) is 5.13 Å². The third kappa shape index (κ3) is 5.85. The largest absolute Gasteiger partial charge is 0.382 e. The van der Waals surface area contributed by atoms with Crippen LogP contribution in [-0.4, -0.2) is 44.3 Å². The fraction of sp³-hybridized carbons (Fsp3) is 0.400. The van der Waals surface area contributed by atoms with E-state index in [9.17, 15) is 13.2 Å². The van der Waals surface area contributed by atoms with Gasteiger partial charge in [-0.25, -0.2) is 13.1 Å². The van der Waals surface area contributed by atoms with E-state index in [-0.39, 0.29) is 21.9 Å². The lowest BCUT2D eigenvalue weighted by Crippen LogP contribution is -2.25. The maximum Gasteiger partial charge on any atom is 0.269 e. The van der Waals surface area contributed by atoms with Gasteiger partial charge in [-0.1, -0.05) is 29.0 Å². The van der Waals surface area contributed by atoms with Crippen LogP contribution in [0.15, 0.2) is 28.6 Å². The zero-order chi connectivity index (χ0) is 18.3. The summed E-state index contributed by atoms with van der Waals surface area (Å²) in [5.41, 5.74) is 1.50. The van der Waals surface area contributed by atoms with E-state index in [4.69, 9.17) is 4.74 Å². The smallest absolute Gasteiger partial charge is 0.269 e. The van der Waals surface area contributed by atoms with E-state index in [2.05, 4.69) is 20.2 Å². The third-order valence-electron chi connectivity index (χ3n) is 3.13. The van der Waals surface area contributed by atoms with Gasteiger partial charge < -0.3 is 4.74 Å². The molecule has 2 aromatic rings. The molecule has 10 heteroatoms.